The van der Waals surface area contributed by atoms with Crippen LogP contribution in [-0.2, 0) is 4.74 Å². The number of hydrogen-bond donors (Lipinski definition) is 1. The number of aliphatic hydroxyl groups is 1. The van der Waals surface area contributed by atoms with Crippen LogP contribution < -0.4 is 0 Å². The van der Waals surface area contributed by atoms with Gasteiger partial charge < -0.3 is 9.84 Å². The van der Waals surface area contributed by atoms with Gasteiger partial charge in [-0.05, 0) is 13.8 Å². The molecular weight excluding hydrogens is 135 g/mol. The van der Waals surface area contributed by atoms with Crippen molar-refractivity contribution in [3.63, 3.8) is 0 Å². The Bertz CT molecular complexity index is 125. The average molecular weight is 148 g/mol. The van der Waals surface area contributed by atoms with Gasteiger partial charge in [0.05, 0.1) is 18.8 Å². The first kappa shape index (κ1) is 7.95. The third-order valence-corrected chi connectivity index (χ3v) is 2.07. The topological polar surface area (TPSA) is 29.5 Å². The summed E-state index contributed by atoms with van der Waals surface area (Å²) in [5.41, 5.74) is -1.26. The van der Waals surface area contributed by atoms with Gasteiger partial charge in [0.15, 0.2) is 0 Å². The van der Waals surface area contributed by atoms with Gasteiger partial charge in [0.2, 0.25) is 0 Å². The molecule has 3 heteroatoms. The van der Waals surface area contributed by atoms with E-state index in [-0.39, 0.29) is 18.8 Å². The SMILES string of the molecule is CC1OC(CO)CC1(C)F. The summed E-state index contributed by atoms with van der Waals surface area (Å²) in [6.07, 6.45) is -0.375. The first-order valence-corrected chi connectivity index (χ1v) is 3.51. The molecule has 3 atom stereocenters. The average Bonchev–Trinajstić information content (AvgIpc) is 2.08. The second-order valence-corrected chi connectivity index (χ2v) is 3.07. The van der Waals surface area contributed by atoms with Crippen LogP contribution in [-0.4, -0.2) is 29.6 Å². The third-order valence-electron chi connectivity index (χ3n) is 2.07. The predicted octanol–water partition coefficient (Wildman–Crippen LogP) is 0.884. The van der Waals surface area contributed by atoms with Crippen molar-refractivity contribution in [2.45, 2.75) is 38.1 Å². The molecule has 0 saturated carbocycles. The molecule has 1 saturated heterocycles. The van der Waals surface area contributed by atoms with Crippen molar-refractivity contribution in [2.24, 2.45) is 0 Å². The molecule has 60 valence electrons. The molecule has 0 aromatic heterocycles. The molecule has 1 heterocycles. The second-order valence-electron chi connectivity index (χ2n) is 3.07. The van der Waals surface area contributed by atoms with Crippen LogP contribution in [0.4, 0.5) is 4.39 Å². The molecule has 1 rings (SSSR count). The molecule has 0 spiro atoms. The van der Waals surface area contributed by atoms with Gasteiger partial charge in [-0.2, -0.15) is 0 Å². The second kappa shape index (κ2) is 2.47. The van der Waals surface area contributed by atoms with E-state index >= 15 is 0 Å². The lowest BCUT2D eigenvalue weighted by molar-refractivity contribution is -0.00422. The van der Waals surface area contributed by atoms with Crippen LogP contribution in [0.15, 0.2) is 0 Å². The lowest BCUT2D eigenvalue weighted by Gasteiger charge is -2.15. The number of alkyl halides is 1. The van der Waals surface area contributed by atoms with Crippen LogP contribution in [0.25, 0.3) is 0 Å². The number of hydrogen-bond acceptors (Lipinski definition) is 2. The zero-order valence-corrected chi connectivity index (χ0v) is 6.30. The van der Waals surface area contributed by atoms with Crippen molar-refractivity contribution < 1.29 is 14.2 Å². The number of ether oxygens (including phenoxy) is 1. The first-order valence-electron chi connectivity index (χ1n) is 3.51. The Hall–Kier alpha value is -0.150. The molecule has 3 unspecified atom stereocenters. The molecule has 10 heavy (non-hydrogen) atoms. The quantitative estimate of drug-likeness (QED) is 0.598. The summed E-state index contributed by atoms with van der Waals surface area (Å²) in [5, 5.41) is 8.62. The molecule has 1 aliphatic rings. The lowest BCUT2D eigenvalue weighted by atomic mass is 10.00. The van der Waals surface area contributed by atoms with Crippen molar-refractivity contribution in [1.82, 2.24) is 0 Å². The maximum atomic E-state index is 13.2. The lowest BCUT2D eigenvalue weighted by Crippen LogP contribution is -2.26. The van der Waals surface area contributed by atoms with E-state index in [0.29, 0.717) is 6.42 Å². The van der Waals surface area contributed by atoms with Crippen molar-refractivity contribution in [1.29, 1.82) is 0 Å². The molecule has 0 amide bonds. The van der Waals surface area contributed by atoms with Gasteiger partial charge >= 0.3 is 0 Å². The van der Waals surface area contributed by atoms with Crippen molar-refractivity contribution in [2.75, 3.05) is 6.61 Å². The minimum atomic E-state index is -1.26. The van der Waals surface area contributed by atoms with Gasteiger partial charge in [0, 0.05) is 6.42 Å². The molecule has 0 aliphatic carbocycles. The predicted molar refractivity (Wildman–Crippen MR) is 35.6 cm³/mol. The molecule has 0 bridgehead atoms. The first-order chi connectivity index (χ1) is 4.56. The zero-order chi connectivity index (χ0) is 7.78. The summed E-state index contributed by atoms with van der Waals surface area (Å²) < 4.78 is 18.3. The van der Waals surface area contributed by atoms with Crippen LogP contribution in [0.3, 0.4) is 0 Å². The summed E-state index contributed by atoms with van der Waals surface area (Å²) in [5.74, 6) is 0. The fraction of sp³-hybridized carbons (Fsp3) is 1.00. The smallest absolute Gasteiger partial charge is 0.136 e. The molecular formula is C7H13FO2. The monoisotopic (exact) mass is 148 g/mol. The summed E-state index contributed by atoms with van der Waals surface area (Å²) in [6.45, 7) is 3.12. The molecule has 1 fully saturated rings. The molecule has 0 radical (unpaired) electrons. The van der Waals surface area contributed by atoms with Crippen molar-refractivity contribution in [3.8, 4) is 0 Å². The Labute approximate surface area is 60.0 Å². The van der Waals surface area contributed by atoms with Crippen LogP contribution in [0.1, 0.15) is 20.3 Å². The molecule has 0 aromatic rings. The summed E-state index contributed by atoms with van der Waals surface area (Å²) in [6, 6.07) is 0. The van der Waals surface area contributed by atoms with Gasteiger partial charge in [-0.1, -0.05) is 0 Å². The Morgan fingerprint density at radius 1 is 1.80 bits per heavy atom. The van der Waals surface area contributed by atoms with E-state index in [4.69, 9.17) is 9.84 Å². The largest absolute Gasteiger partial charge is 0.394 e. The van der Waals surface area contributed by atoms with E-state index in [9.17, 15) is 4.39 Å². The Balaban J connectivity index is 2.53. The van der Waals surface area contributed by atoms with Crippen LogP contribution in [0.2, 0.25) is 0 Å². The zero-order valence-electron chi connectivity index (χ0n) is 6.30. The van der Waals surface area contributed by atoms with E-state index < -0.39 is 5.67 Å². The fourth-order valence-electron chi connectivity index (χ4n) is 1.20. The normalized spacial score (nSPS) is 48.0. The van der Waals surface area contributed by atoms with Gasteiger partial charge in [0.25, 0.3) is 0 Å². The molecule has 1 aliphatic heterocycles. The highest BCUT2D eigenvalue weighted by Crippen LogP contribution is 2.33. The Kier molecular flexibility index (Phi) is 1.97. The van der Waals surface area contributed by atoms with Crippen LogP contribution in [0.5, 0.6) is 0 Å². The van der Waals surface area contributed by atoms with Gasteiger partial charge in [-0.15, -0.1) is 0 Å². The minimum Gasteiger partial charge on any atom is -0.394 e. The van der Waals surface area contributed by atoms with Crippen molar-refractivity contribution in [3.05, 3.63) is 0 Å². The molecule has 1 N–H and O–H groups in total. The maximum absolute atomic E-state index is 13.2. The highest BCUT2D eigenvalue weighted by molar-refractivity contribution is 4.90. The minimum absolute atomic E-state index is 0.0795. The molecule has 0 aromatic carbocycles. The highest BCUT2D eigenvalue weighted by atomic mass is 19.1. The van der Waals surface area contributed by atoms with Gasteiger partial charge in [-0.3, -0.25) is 0 Å². The van der Waals surface area contributed by atoms with E-state index in [0.717, 1.165) is 0 Å². The maximum Gasteiger partial charge on any atom is 0.136 e. The Morgan fingerprint density at radius 3 is 2.60 bits per heavy atom. The van der Waals surface area contributed by atoms with Gasteiger partial charge in [-0.25, -0.2) is 4.39 Å². The van der Waals surface area contributed by atoms with Crippen molar-refractivity contribution >= 4 is 0 Å². The highest BCUT2D eigenvalue weighted by Gasteiger charge is 2.42. The van der Waals surface area contributed by atoms with Gasteiger partial charge in [0.1, 0.15) is 5.67 Å². The summed E-state index contributed by atoms with van der Waals surface area (Å²) in [7, 11) is 0. The van der Waals surface area contributed by atoms with E-state index in [1.54, 1.807) is 6.92 Å². The summed E-state index contributed by atoms with van der Waals surface area (Å²) in [4.78, 5) is 0. The number of halogens is 1. The van der Waals surface area contributed by atoms with E-state index in [1.165, 1.54) is 6.92 Å². The van der Waals surface area contributed by atoms with E-state index in [1.807, 2.05) is 0 Å². The standard InChI is InChI=1S/C7H13FO2/c1-5-7(2,8)3-6(4-9)10-5/h5-6,9H,3-4H2,1-2H3. The van der Waals surface area contributed by atoms with Crippen LogP contribution >= 0.6 is 0 Å². The third kappa shape index (κ3) is 1.30. The molecule has 2 nitrogen and oxygen atoms in total. The number of aliphatic hydroxyl groups excluding tert-OH is 1. The van der Waals surface area contributed by atoms with E-state index in [2.05, 4.69) is 0 Å². The number of rotatable bonds is 1. The van der Waals surface area contributed by atoms with Crippen LogP contribution in [0, 0.1) is 0 Å². The fourth-order valence-corrected chi connectivity index (χ4v) is 1.20. The Morgan fingerprint density at radius 2 is 2.40 bits per heavy atom. The summed E-state index contributed by atoms with van der Waals surface area (Å²) >= 11 is 0.